The van der Waals surface area contributed by atoms with Crippen molar-refractivity contribution in [3.05, 3.63) is 70.7 Å². The predicted molar refractivity (Wildman–Crippen MR) is 132 cm³/mol. The highest BCUT2D eigenvalue weighted by Gasteiger charge is 2.30. The van der Waals surface area contributed by atoms with Crippen molar-refractivity contribution in [2.24, 2.45) is 0 Å². The number of rotatable bonds is 7. The van der Waals surface area contributed by atoms with Crippen LogP contribution in [0.4, 0.5) is 0 Å². The van der Waals surface area contributed by atoms with E-state index in [1.165, 1.54) is 4.31 Å². The topological polar surface area (TPSA) is 70.1 Å². The summed E-state index contributed by atoms with van der Waals surface area (Å²) in [5.41, 5.74) is 1.80. The lowest BCUT2D eigenvalue weighted by Gasteiger charge is -2.35. The summed E-state index contributed by atoms with van der Waals surface area (Å²) in [5, 5.41) is 13.0. The van der Waals surface area contributed by atoms with Crippen LogP contribution in [0.15, 0.2) is 59.5 Å². The van der Waals surface area contributed by atoms with E-state index >= 15 is 0 Å². The number of fused-ring (bicyclic) bond motifs is 1. The highest BCUT2D eigenvalue weighted by atomic mass is 35.5. The van der Waals surface area contributed by atoms with Gasteiger partial charge in [-0.3, -0.25) is 4.90 Å². The number of aliphatic hydroxyl groups is 1. The average molecular weight is 489 g/mol. The Labute approximate surface area is 200 Å². The largest absolute Gasteiger partial charge is 0.489 e. The van der Waals surface area contributed by atoms with Gasteiger partial charge in [0.25, 0.3) is 0 Å². The zero-order valence-corrected chi connectivity index (χ0v) is 20.4. The van der Waals surface area contributed by atoms with Crippen LogP contribution < -0.4 is 4.74 Å². The minimum atomic E-state index is -3.53. The van der Waals surface area contributed by atoms with Gasteiger partial charge in [-0.1, -0.05) is 59.6 Å². The van der Waals surface area contributed by atoms with E-state index in [0.717, 1.165) is 21.9 Å². The molecule has 33 heavy (non-hydrogen) atoms. The molecule has 0 amide bonds. The van der Waals surface area contributed by atoms with Gasteiger partial charge in [-0.15, -0.1) is 0 Å². The number of benzene rings is 3. The van der Waals surface area contributed by atoms with E-state index in [9.17, 15) is 13.5 Å². The van der Waals surface area contributed by atoms with Crippen molar-refractivity contribution in [2.75, 3.05) is 39.3 Å². The van der Waals surface area contributed by atoms with E-state index < -0.39 is 16.1 Å². The minimum absolute atomic E-state index is 0.110. The summed E-state index contributed by atoms with van der Waals surface area (Å²) < 4.78 is 33.4. The third-order valence-electron chi connectivity index (χ3n) is 6.01. The van der Waals surface area contributed by atoms with E-state index in [1.54, 1.807) is 6.07 Å². The Hall–Kier alpha value is -2.16. The van der Waals surface area contributed by atoms with Crippen LogP contribution in [0.2, 0.25) is 5.02 Å². The van der Waals surface area contributed by atoms with Crippen molar-refractivity contribution in [1.82, 2.24) is 9.21 Å². The molecule has 1 aliphatic heterocycles. The fourth-order valence-corrected chi connectivity index (χ4v) is 6.16. The molecule has 6 nitrogen and oxygen atoms in total. The number of hydrogen-bond donors (Lipinski definition) is 1. The van der Waals surface area contributed by atoms with Gasteiger partial charge in [-0.2, -0.15) is 4.31 Å². The SMILES string of the molecule is Cc1ccc(S(=O)(=O)N2CCN(C[C@H](O)COc3ccc4ccccc4c3Cl)CC2)c(C)c1. The summed E-state index contributed by atoms with van der Waals surface area (Å²) >= 11 is 6.47. The Morgan fingerprint density at radius 2 is 1.76 bits per heavy atom. The van der Waals surface area contributed by atoms with Gasteiger partial charge in [0.15, 0.2) is 0 Å². The number of hydrogen-bond acceptors (Lipinski definition) is 5. The van der Waals surface area contributed by atoms with Crippen LogP contribution in [0.3, 0.4) is 0 Å². The first-order valence-corrected chi connectivity index (χ1v) is 12.9. The van der Waals surface area contributed by atoms with Crippen LogP contribution in [-0.2, 0) is 10.0 Å². The Balaban J connectivity index is 1.30. The van der Waals surface area contributed by atoms with E-state index in [2.05, 4.69) is 4.90 Å². The normalized spacial score (nSPS) is 16.7. The Morgan fingerprint density at radius 1 is 1.03 bits per heavy atom. The third kappa shape index (κ3) is 5.34. The van der Waals surface area contributed by atoms with Gasteiger partial charge in [0.2, 0.25) is 10.0 Å². The predicted octanol–water partition coefficient (Wildman–Crippen LogP) is 3.86. The molecule has 0 bridgehead atoms. The van der Waals surface area contributed by atoms with Crippen molar-refractivity contribution < 1.29 is 18.3 Å². The van der Waals surface area contributed by atoms with Crippen molar-refractivity contribution in [2.45, 2.75) is 24.8 Å². The van der Waals surface area contributed by atoms with Crippen molar-refractivity contribution in [1.29, 1.82) is 0 Å². The Morgan fingerprint density at radius 3 is 2.48 bits per heavy atom. The number of nitrogens with zero attached hydrogens (tertiary/aromatic N) is 2. The standard InChI is InChI=1S/C25H29ClN2O4S/c1-18-7-10-24(19(2)15-18)33(30,31)28-13-11-27(12-14-28)16-21(29)17-32-23-9-8-20-5-3-4-6-22(20)25(23)26/h3-10,15,21,29H,11-14,16-17H2,1-2H3/t21-/m0/s1. The second-order valence-corrected chi connectivity index (χ2v) is 10.8. The van der Waals surface area contributed by atoms with E-state index in [-0.39, 0.29) is 6.61 Å². The first kappa shape index (κ1) is 24.0. The minimum Gasteiger partial charge on any atom is -0.489 e. The lowest BCUT2D eigenvalue weighted by molar-refractivity contribution is 0.0569. The molecule has 0 aromatic heterocycles. The summed E-state index contributed by atoms with van der Waals surface area (Å²) in [5.74, 6) is 0.541. The molecule has 8 heteroatoms. The summed E-state index contributed by atoms with van der Waals surface area (Å²) in [6.45, 7) is 6.18. The number of piperazine rings is 1. The van der Waals surface area contributed by atoms with Crippen LogP contribution in [0, 0.1) is 13.8 Å². The van der Waals surface area contributed by atoms with Crippen LogP contribution in [0.25, 0.3) is 10.8 Å². The third-order valence-corrected chi connectivity index (χ3v) is 8.46. The average Bonchev–Trinajstić information content (AvgIpc) is 2.79. The zero-order valence-electron chi connectivity index (χ0n) is 18.9. The van der Waals surface area contributed by atoms with Gasteiger partial charge in [0.1, 0.15) is 18.5 Å². The van der Waals surface area contributed by atoms with Gasteiger partial charge in [0.05, 0.1) is 9.92 Å². The summed E-state index contributed by atoms with van der Waals surface area (Å²) in [6.07, 6.45) is -0.713. The molecule has 1 saturated heterocycles. The molecular weight excluding hydrogens is 460 g/mol. The molecule has 1 N–H and O–H groups in total. The highest BCUT2D eigenvalue weighted by molar-refractivity contribution is 7.89. The maximum absolute atomic E-state index is 13.1. The smallest absolute Gasteiger partial charge is 0.243 e. The summed E-state index contributed by atoms with van der Waals surface area (Å²) in [7, 11) is -3.53. The molecule has 1 heterocycles. The lowest BCUT2D eigenvalue weighted by atomic mass is 10.1. The molecule has 1 fully saturated rings. The van der Waals surface area contributed by atoms with Gasteiger partial charge in [0, 0.05) is 38.1 Å². The van der Waals surface area contributed by atoms with Crippen molar-refractivity contribution >= 4 is 32.4 Å². The molecule has 0 aliphatic carbocycles. The molecule has 3 aromatic rings. The monoisotopic (exact) mass is 488 g/mol. The molecule has 0 unspecified atom stereocenters. The van der Waals surface area contributed by atoms with Crippen LogP contribution in [0.1, 0.15) is 11.1 Å². The lowest BCUT2D eigenvalue weighted by Crippen LogP contribution is -2.50. The van der Waals surface area contributed by atoms with Crippen LogP contribution in [-0.4, -0.2) is 68.2 Å². The molecule has 1 aliphatic rings. The van der Waals surface area contributed by atoms with Crippen LogP contribution in [0.5, 0.6) is 5.75 Å². The number of β-amino-alcohol motifs (C(OH)–C–C–N with tert-alkyl or cyclic N) is 1. The molecule has 3 aromatic carbocycles. The number of halogens is 1. The number of ether oxygens (including phenoxy) is 1. The second-order valence-electron chi connectivity index (χ2n) is 8.54. The molecule has 4 rings (SSSR count). The number of aliphatic hydroxyl groups excluding tert-OH is 1. The maximum Gasteiger partial charge on any atom is 0.243 e. The second kappa shape index (κ2) is 9.99. The molecule has 1 atom stereocenters. The molecular formula is C25H29ClN2O4S. The van der Waals surface area contributed by atoms with Crippen molar-refractivity contribution in [3.8, 4) is 5.75 Å². The summed E-state index contributed by atoms with van der Waals surface area (Å²) in [4.78, 5) is 2.42. The van der Waals surface area contributed by atoms with Gasteiger partial charge in [-0.25, -0.2) is 8.42 Å². The fourth-order valence-electron chi connectivity index (χ4n) is 4.24. The fraction of sp³-hybridized carbons (Fsp3) is 0.360. The first-order valence-electron chi connectivity index (χ1n) is 11.0. The van der Waals surface area contributed by atoms with E-state index in [1.807, 2.05) is 62.4 Å². The Kier molecular flexibility index (Phi) is 7.26. The van der Waals surface area contributed by atoms with E-state index in [0.29, 0.717) is 48.4 Å². The quantitative estimate of drug-likeness (QED) is 0.547. The molecule has 176 valence electrons. The number of sulfonamides is 1. The van der Waals surface area contributed by atoms with Gasteiger partial charge in [-0.05, 0) is 36.9 Å². The molecule has 0 radical (unpaired) electrons. The zero-order chi connectivity index (χ0) is 23.6. The highest BCUT2D eigenvalue weighted by Crippen LogP contribution is 2.32. The number of aryl methyl sites for hydroxylation is 2. The summed E-state index contributed by atoms with van der Waals surface area (Å²) in [6, 6.07) is 17.0. The Bertz CT molecular complexity index is 1240. The van der Waals surface area contributed by atoms with Crippen molar-refractivity contribution in [3.63, 3.8) is 0 Å². The maximum atomic E-state index is 13.1. The van der Waals surface area contributed by atoms with Gasteiger partial charge < -0.3 is 9.84 Å². The molecule has 0 saturated carbocycles. The molecule has 0 spiro atoms. The van der Waals surface area contributed by atoms with Crippen LogP contribution >= 0.6 is 11.6 Å². The van der Waals surface area contributed by atoms with Gasteiger partial charge >= 0.3 is 0 Å². The van der Waals surface area contributed by atoms with E-state index in [4.69, 9.17) is 16.3 Å². The first-order chi connectivity index (χ1) is 15.8.